The predicted molar refractivity (Wildman–Crippen MR) is 48.0 cm³/mol. The molecule has 0 radical (unpaired) electrons. The monoisotopic (exact) mass is 294 g/mol. The van der Waals surface area contributed by atoms with Gasteiger partial charge in [-0.3, -0.25) is 0 Å². The molecule has 3 nitrogen and oxygen atoms in total. The van der Waals surface area contributed by atoms with Crippen LogP contribution in [0.4, 0.5) is 0 Å². The van der Waals surface area contributed by atoms with Crippen LogP contribution in [0.1, 0.15) is 5.56 Å². The van der Waals surface area contributed by atoms with E-state index in [0.717, 1.165) is 5.56 Å². The van der Waals surface area contributed by atoms with E-state index in [9.17, 15) is 8.42 Å². The summed E-state index contributed by atoms with van der Waals surface area (Å²) in [7, 11) is -3.46. The summed E-state index contributed by atoms with van der Waals surface area (Å²) in [4.78, 5) is 0.223. The molecule has 0 heterocycles. The van der Waals surface area contributed by atoms with Crippen LogP contribution in [0.25, 0.3) is 0 Å². The van der Waals surface area contributed by atoms with Gasteiger partial charge in [0.05, 0.1) is 0 Å². The number of aryl methyl sites for hydroxylation is 1. The van der Waals surface area contributed by atoms with Crippen molar-refractivity contribution in [1.29, 1.82) is 0 Å². The van der Waals surface area contributed by atoms with Gasteiger partial charge in [-0.15, -0.1) is 0 Å². The molecule has 0 aromatic heterocycles. The first-order valence-electron chi connectivity index (χ1n) is 3.26. The molecule has 1 rings (SSSR count). The molecule has 0 spiro atoms. The molecule has 0 saturated carbocycles. The number of hydrogen-bond acceptors (Lipinski definition) is 3. The fourth-order valence-electron chi connectivity index (χ4n) is 0.760. The molecule has 0 amide bonds. The topological polar surface area (TPSA) is 43.4 Å². The van der Waals surface area contributed by atoms with Gasteiger partial charge in [0.15, 0.2) is 0 Å². The van der Waals surface area contributed by atoms with Crippen LogP contribution in [-0.4, -0.2) is 31.9 Å². The van der Waals surface area contributed by atoms with E-state index < -0.39 is 10.1 Å². The fourth-order valence-corrected chi connectivity index (χ4v) is 2.29. The van der Waals surface area contributed by atoms with Crippen molar-refractivity contribution < 1.29 is 10.9 Å². The van der Waals surface area contributed by atoms with Gasteiger partial charge < -0.3 is 0 Å². The van der Waals surface area contributed by atoms with Crippen LogP contribution in [0.15, 0.2) is 29.2 Å². The fraction of sp³-hybridized carbons (Fsp3) is 0.143. The van der Waals surface area contributed by atoms with Gasteiger partial charge in [-0.25, -0.2) is 0 Å². The number of benzene rings is 1. The van der Waals surface area contributed by atoms with Crippen LogP contribution in [-0.2, 0) is 12.6 Å². The quantitative estimate of drug-likeness (QED) is 0.735. The molecule has 0 N–H and O–H groups in total. The van der Waals surface area contributed by atoms with E-state index in [2.05, 4.69) is 2.46 Å². The summed E-state index contributed by atoms with van der Waals surface area (Å²) in [5.41, 5.74) is 1.03. The van der Waals surface area contributed by atoms with E-state index in [-0.39, 0.29) is 28.3 Å². The summed E-state index contributed by atoms with van der Waals surface area (Å²) in [6.07, 6.45) is 0. The molecule has 0 aliphatic rings. The molecular formula is C7H9O3SSb. The molecule has 0 aliphatic heterocycles. The molecule has 66 valence electrons. The molecule has 0 atom stereocenters. The van der Waals surface area contributed by atoms with Crippen molar-refractivity contribution in [3.63, 3.8) is 0 Å². The molecule has 1 aromatic rings. The third-order valence-electron chi connectivity index (χ3n) is 1.44. The Bertz CT molecular complexity index is 355. The number of hydrogen-bond donors (Lipinski definition) is 0. The molecule has 12 heavy (non-hydrogen) atoms. The third kappa shape index (κ3) is 2.22. The molecule has 0 saturated heterocycles. The Labute approximate surface area is 85.9 Å². The van der Waals surface area contributed by atoms with Crippen LogP contribution < -0.4 is 0 Å². The van der Waals surface area contributed by atoms with Gasteiger partial charge in [0.25, 0.3) is 0 Å². The van der Waals surface area contributed by atoms with E-state index in [1.807, 2.05) is 6.92 Å². The molecule has 0 bridgehead atoms. The van der Waals surface area contributed by atoms with Crippen LogP contribution in [0.5, 0.6) is 0 Å². The van der Waals surface area contributed by atoms with Crippen molar-refractivity contribution in [1.82, 2.24) is 0 Å². The maximum atomic E-state index is 11.1. The van der Waals surface area contributed by atoms with E-state index in [1.54, 1.807) is 24.3 Å². The summed E-state index contributed by atoms with van der Waals surface area (Å²) in [5, 5.41) is 0. The molecule has 1 aromatic carbocycles. The first kappa shape index (κ1) is 10.0. The molecule has 0 fully saturated rings. The minimum absolute atomic E-state index is 0.223. The van der Waals surface area contributed by atoms with Gasteiger partial charge in [0.2, 0.25) is 0 Å². The van der Waals surface area contributed by atoms with Gasteiger partial charge >= 0.3 is 86.1 Å². The van der Waals surface area contributed by atoms with E-state index >= 15 is 0 Å². The summed E-state index contributed by atoms with van der Waals surface area (Å²) >= 11 is 0.254. The Balaban J connectivity index is 3.14. The van der Waals surface area contributed by atoms with Gasteiger partial charge in [-0.1, -0.05) is 0 Å². The minimum atomic E-state index is -3.46. The zero-order valence-corrected chi connectivity index (χ0v) is 10.6. The second-order valence-corrected chi connectivity index (χ2v) is 5.58. The molecule has 5 heteroatoms. The first-order chi connectivity index (χ1) is 5.56. The first-order valence-corrected chi connectivity index (χ1v) is 6.01. The molecule has 0 unspecified atom stereocenters. The zero-order chi connectivity index (χ0) is 9.19. The van der Waals surface area contributed by atoms with Gasteiger partial charge in [-0.2, -0.15) is 0 Å². The number of rotatable bonds is 2. The average molecular weight is 295 g/mol. The van der Waals surface area contributed by atoms with Crippen LogP contribution in [0.3, 0.4) is 0 Å². The van der Waals surface area contributed by atoms with E-state index in [1.165, 1.54) is 0 Å². The predicted octanol–water partition coefficient (Wildman–Crippen LogP) is 0.248. The van der Waals surface area contributed by atoms with Crippen molar-refractivity contribution in [3.8, 4) is 0 Å². The standard InChI is InChI=1S/C7H8O3S.Sb.2H/c1-6-2-4-7(5-3-6)11(8,9)10;;;/h2-5H,1H3,(H,8,9,10);;;/q;+1;;/p-1. The third-order valence-corrected chi connectivity index (χ3v) is 4.71. The van der Waals surface area contributed by atoms with Crippen LogP contribution >= 0.6 is 0 Å². The van der Waals surface area contributed by atoms with Gasteiger partial charge in [0, 0.05) is 0 Å². The second-order valence-electron chi connectivity index (χ2n) is 2.36. The Kier molecular flexibility index (Phi) is 3.15. The van der Waals surface area contributed by atoms with Crippen molar-refractivity contribution in [2.24, 2.45) is 0 Å². The Morgan fingerprint density at radius 3 is 2.17 bits per heavy atom. The SMILES string of the molecule is Cc1ccc(S(=O)(=O)[O][SbH2])cc1. The Morgan fingerprint density at radius 1 is 1.25 bits per heavy atom. The summed E-state index contributed by atoms with van der Waals surface area (Å²) in [6, 6.07) is 6.57. The van der Waals surface area contributed by atoms with Crippen molar-refractivity contribution >= 4 is 33.6 Å². The Hall–Kier alpha value is -0.0518. The van der Waals surface area contributed by atoms with Gasteiger partial charge in [-0.05, 0) is 0 Å². The Morgan fingerprint density at radius 2 is 1.75 bits per heavy atom. The van der Waals surface area contributed by atoms with Crippen molar-refractivity contribution in [2.75, 3.05) is 0 Å². The van der Waals surface area contributed by atoms with Crippen molar-refractivity contribution in [3.05, 3.63) is 29.8 Å². The van der Waals surface area contributed by atoms with E-state index in [4.69, 9.17) is 0 Å². The maximum absolute atomic E-state index is 11.1. The molecular weight excluding hydrogens is 286 g/mol. The van der Waals surface area contributed by atoms with Crippen LogP contribution in [0.2, 0.25) is 0 Å². The van der Waals surface area contributed by atoms with Gasteiger partial charge in [0.1, 0.15) is 0 Å². The van der Waals surface area contributed by atoms with Crippen LogP contribution in [0, 0.1) is 6.92 Å². The molecule has 0 aliphatic carbocycles. The summed E-state index contributed by atoms with van der Waals surface area (Å²) in [5.74, 6) is 0. The summed E-state index contributed by atoms with van der Waals surface area (Å²) in [6.45, 7) is 1.90. The average Bonchev–Trinajstić information content (AvgIpc) is 2.05. The van der Waals surface area contributed by atoms with Crippen molar-refractivity contribution in [2.45, 2.75) is 11.8 Å². The summed E-state index contributed by atoms with van der Waals surface area (Å²) < 4.78 is 26.7. The zero-order valence-electron chi connectivity index (χ0n) is 6.52. The second kappa shape index (κ2) is 3.77. The van der Waals surface area contributed by atoms with E-state index in [0.29, 0.717) is 0 Å². The normalized spacial score (nSPS) is 11.5.